The fraction of sp³-hybridized carbons (Fsp3) is 0.750. The van der Waals surface area contributed by atoms with Gasteiger partial charge in [-0.3, -0.25) is 0 Å². The third-order valence-electron chi connectivity index (χ3n) is 3.49. The average Bonchev–Trinajstić information content (AvgIpc) is 2.19. The summed E-state index contributed by atoms with van der Waals surface area (Å²) in [5.74, 6) is -0.604. The number of alkyl halides is 1. The predicted octanol–water partition coefficient (Wildman–Crippen LogP) is 3.79. The van der Waals surface area contributed by atoms with E-state index in [1.54, 1.807) is 6.08 Å². The molecule has 0 radical (unpaired) electrons. The van der Waals surface area contributed by atoms with Gasteiger partial charge in [0.2, 0.25) is 0 Å². The Morgan fingerprint density at radius 3 is 2.33 bits per heavy atom. The third kappa shape index (κ3) is 2.95. The fourth-order valence-corrected chi connectivity index (χ4v) is 3.51. The number of allylic oxidation sites excluding steroid dienone is 1. The molecule has 0 saturated heterocycles. The van der Waals surface area contributed by atoms with E-state index in [2.05, 4.69) is 29.5 Å². The van der Waals surface area contributed by atoms with E-state index in [0.29, 0.717) is 5.57 Å². The SMILES string of the molecule is CC=C(C(=O)O)C(C)C1(I)CCCCC1. The number of hydrogen-bond donors (Lipinski definition) is 1. The van der Waals surface area contributed by atoms with E-state index >= 15 is 0 Å². The number of carboxylic acids is 1. The molecule has 15 heavy (non-hydrogen) atoms. The Labute approximate surface area is 105 Å². The van der Waals surface area contributed by atoms with Gasteiger partial charge in [0, 0.05) is 14.9 Å². The molecule has 1 unspecified atom stereocenters. The summed E-state index contributed by atoms with van der Waals surface area (Å²) in [7, 11) is 0. The van der Waals surface area contributed by atoms with Crippen molar-refractivity contribution in [1.82, 2.24) is 0 Å². The predicted molar refractivity (Wildman–Crippen MR) is 70.4 cm³/mol. The van der Waals surface area contributed by atoms with Crippen LogP contribution in [0.4, 0.5) is 0 Å². The highest BCUT2D eigenvalue weighted by molar-refractivity contribution is 14.1. The molecule has 0 heterocycles. The van der Waals surface area contributed by atoms with Crippen LogP contribution in [-0.4, -0.2) is 14.5 Å². The molecule has 0 aromatic carbocycles. The van der Waals surface area contributed by atoms with Crippen LogP contribution in [0, 0.1) is 5.92 Å². The van der Waals surface area contributed by atoms with Crippen LogP contribution in [0.15, 0.2) is 11.6 Å². The van der Waals surface area contributed by atoms with Crippen molar-refractivity contribution in [2.24, 2.45) is 5.92 Å². The number of rotatable bonds is 3. The van der Waals surface area contributed by atoms with Crippen LogP contribution in [0.25, 0.3) is 0 Å². The van der Waals surface area contributed by atoms with Gasteiger partial charge < -0.3 is 5.11 Å². The van der Waals surface area contributed by atoms with Crippen LogP contribution in [0.3, 0.4) is 0 Å². The largest absolute Gasteiger partial charge is 0.478 e. The van der Waals surface area contributed by atoms with E-state index in [-0.39, 0.29) is 9.34 Å². The molecule has 0 aliphatic heterocycles. The zero-order valence-corrected chi connectivity index (χ0v) is 11.6. The zero-order chi connectivity index (χ0) is 11.5. The molecule has 86 valence electrons. The molecule has 0 amide bonds. The summed E-state index contributed by atoms with van der Waals surface area (Å²) < 4.78 is 0.163. The van der Waals surface area contributed by atoms with Gasteiger partial charge in [0.1, 0.15) is 0 Å². The van der Waals surface area contributed by atoms with Gasteiger partial charge in [-0.2, -0.15) is 0 Å². The van der Waals surface area contributed by atoms with Crippen LogP contribution >= 0.6 is 22.6 Å². The molecule has 0 aromatic rings. The second-order valence-electron chi connectivity index (χ2n) is 4.37. The van der Waals surface area contributed by atoms with Crippen LogP contribution < -0.4 is 0 Å². The lowest BCUT2D eigenvalue weighted by molar-refractivity contribution is -0.133. The lowest BCUT2D eigenvalue weighted by Gasteiger charge is -2.37. The van der Waals surface area contributed by atoms with Crippen LogP contribution in [-0.2, 0) is 4.79 Å². The van der Waals surface area contributed by atoms with Gasteiger partial charge >= 0.3 is 5.97 Å². The third-order valence-corrected chi connectivity index (χ3v) is 5.50. The van der Waals surface area contributed by atoms with E-state index in [4.69, 9.17) is 5.11 Å². The fourth-order valence-electron chi connectivity index (χ4n) is 2.41. The maximum Gasteiger partial charge on any atom is 0.331 e. The maximum absolute atomic E-state index is 11.1. The van der Waals surface area contributed by atoms with E-state index in [0.717, 1.165) is 12.8 Å². The van der Waals surface area contributed by atoms with Crippen molar-refractivity contribution in [2.75, 3.05) is 0 Å². The van der Waals surface area contributed by atoms with Crippen LogP contribution in [0.5, 0.6) is 0 Å². The zero-order valence-electron chi connectivity index (χ0n) is 9.42. The van der Waals surface area contributed by atoms with Gasteiger partial charge in [0.05, 0.1) is 0 Å². The Bertz CT molecular complexity index is 265. The molecule has 1 aliphatic carbocycles. The van der Waals surface area contributed by atoms with Crippen molar-refractivity contribution in [3.8, 4) is 0 Å². The Morgan fingerprint density at radius 2 is 1.93 bits per heavy atom. The molecular weight excluding hydrogens is 303 g/mol. The van der Waals surface area contributed by atoms with Crippen molar-refractivity contribution >= 4 is 28.6 Å². The first-order valence-electron chi connectivity index (χ1n) is 5.59. The Hall–Kier alpha value is -0.0600. The lowest BCUT2D eigenvalue weighted by atomic mass is 9.77. The second-order valence-corrected chi connectivity index (χ2v) is 6.51. The monoisotopic (exact) mass is 322 g/mol. The minimum absolute atomic E-state index is 0.154. The minimum Gasteiger partial charge on any atom is -0.478 e. The van der Waals surface area contributed by atoms with Crippen molar-refractivity contribution in [3.63, 3.8) is 0 Å². The van der Waals surface area contributed by atoms with E-state index < -0.39 is 5.97 Å². The molecule has 0 spiro atoms. The van der Waals surface area contributed by atoms with Crippen LogP contribution in [0.2, 0.25) is 0 Å². The first-order valence-corrected chi connectivity index (χ1v) is 6.67. The first kappa shape index (κ1) is 13.0. The number of aliphatic carboxylic acids is 1. The first-order chi connectivity index (χ1) is 7.01. The second kappa shape index (κ2) is 5.32. The molecule has 1 rings (SSSR count). The summed E-state index contributed by atoms with van der Waals surface area (Å²) >= 11 is 2.48. The van der Waals surface area contributed by atoms with Crippen molar-refractivity contribution in [2.45, 2.75) is 49.4 Å². The van der Waals surface area contributed by atoms with Gasteiger partial charge in [0.25, 0.3) is 0 Å². The molecule has 2 nitrogen and oxygen atoms in total. The Kier molecular flexibility index (Phi) is 4.62. The molecule has 1 saturated carbocycles. The summed E-state index contributed by atoms with van der Waals surface area (Å²) in [6.07, 6.45) is 7.84. The van der Waals surface area contributed by atoms with Gasteiger partial charge in [0.15, 0.2) is 0 Å². The number of halogens is 1. The molecule has 0 bridgehead atoms. The van der Waals surface area contributed by atoms with Crippen molar-refractivity contribution in [1.29, 1.82) is 0 Å². The van der Waals surface area contributed by atoms with Crippen molar-refractivity contribution < 1.29 is 9.90 Å². The molecule has 1 fully saturated rings. The van der Waals surface area contributed by atoms with E-state index in [9.17, 15) is 4.79 Å². The van der Waals surface area contributed by atoms with Crippen LogP contribution in [0.1, 0.15) is 46.0 Å². The van der Waals surface area contributed by atoms with E-state index in [1.807, 2.05) is 6.92 Å². The molecule has 1 atom stereocenters. The molecule has 1 N–H and O–H groups in total. The van der Waals surface area contributed by atoms with Gasteiger partial charge in [-0.05, 0) is 19.8 Å². The summed E-state index contributed by atoms with van der Waals surface area (Å²) in [4.78, 5) is 11.1. The molecule has 3 heteroatoms. The highest BCUT2D eigenvalue weighted by atomic mass is 127. The molecular formula is C12H19IO2. The maximum atomic E-state index is 11.1. The highest BCUT2D eigenvalue weighted by Gasteiger charge is 2.37. The normalized spacial score (nSPS) is 23.5. The van der Waals surface area contributed by atoms with Gasteiger partial charge in [-0.1, -0.05) is 54.9 Å². The van der Waals surface area contributed by atoms with Gasteiger partial charge in [-0.25, -0.2) is 4.79 Å². The van der Waals surface area contributed by atoms with Crippen molar-refractivity contribution in [3.05, 3.63) is 11.6 Å². The Balaban J connectivity index is 2.81. The molecule has 0 aromatic heterocycles. The number of carboxylic acid groups (broad SMARTS) is 1. The highest BCUT2D eigenvalue weighted by Crippen LogP contribution is 2.44. The summed E-state index contributed by atoms with van der Waals surface area (Å²) in [5, 5.41) is 9.12. The summed E-state index contributed by atoms with van der Waals surface area (Å²) in [6.45, 7) is 3.88. The molecule has 1 aliphatic rings. The Morgan fingerprint density at radius 1 is 1.40 bits per heavy atom. The number of hydrogen-bond acceptors (Lipinski definition) is 1. The summed E-state index contributed by atoms with van der Waals surface area (Å²) in [6, 6.07) is 0. The topological polar surface area (TPSA) is 37.3 Å². The number of carbonyl (C=O) groups is 1. The smallest absolute Gasteiger partial charge is 0.331 e. The standard InChI is InChI=1S/C12H19IO2/c1-3-10(11(14)15)9(2)12(13)7-5-4-6-8-12/h3,9H,4-8H2,1-2H3,(H,14,15). The lowest BCUT2D eigenvalue weighted by Crippen LogP contribution is -2.34. The average molecular weight is 322 g/mol. The summed E-state index contributed by atoms with van der Waals surface area (Å²) in [5.41, 5.74) is 0.575. The van der Waals surface area contributed by atoms with Gasteiger partial charge in [-0.15, -0.1) is 0 Å². The quantitative estimate of drug-likeness (QED) is 0.488. The van der Waals surface area contributed by atoms with E-state index in [1.165, 1.54) is 19.3 Å². The minimum atomic E-state index is -0.758.